The summed E-state index contributed by atoms with van der Waals surface area (Å²) in [6.07, 6.45) is 1.75. The van der Waals surface area contributed by atoms with Crippen LogP contribution in [0.4, 0.5) is 0 Å². The van der Waals surface area contributed by atoms with Gasteiger partial charge in [-0.3, -0.25) is 0 Å². The SMILES string of the molecule is Cc1cccc(C)c1-c1cccc(COc2ccc3c(ccn3CC(=O)[O-])c2)c1. The van der Waals surface area contributed by atoms with E-state index in [1.54, 1.807) is 10.8 Å². The largest absolute Gasteiger partial charge is 0.548 e. The molecular weight excluding hydrogens is 362 g/mol. The summed E-state index contributed by atoms with van der Waals surface area (Å²) in [5.41, 5.74) is 6.92. The summed E-state index contributed by atoms with van der Waals surface area (Å²) in [4.78, 5) is 10.9. The number of carbonyl (C=O) groups excluding carboxylic acids is 1. The number of benzene rings is 3. The van der Waals surface area contributed by atoms with Gasteiger partial charge in [0.1, 0.15) is 12.4 Å². The molecule has 0 saturated carbocycles. The molecule has 3 aromatic carbocycles. The van der Waals surface area contributed by atoms with Gasteiger partial charge in [-0.1, -0.05) is 36.4 Å². The molecule has 0 saturated heterocycles. The summed E-state index contributed by atoms with van der Waals surface area (Å²) < 4.78 is 7.66. The van der Waals surface area contributed by atoms with Crippen molar-refractivity contribution in [1.82, 2.24) is 4.57 Å². The number of rotatable bonds is 6. The highest BCUT2D eigenvalue weighted by atomic mass is 16.5. The van der Waals surface area contributed by atoms with Gasteiger partial charge in [0, 0.05) is 17.1 Å². The van der Waals surface area contributed by atoms with Crippen LogP contribution in [0.25, 0.3) is 22.0 Å². The smallest absolute Gasteiger partial charge is 0.120 e. The lowest BCUT2D eigenvalue weighted by atomic mass is 9.95. The number of nitrogens with zero attached hydrogens (tertiary/aromatic N) is 1. The summed E-state index contributed by atoms with van der Waals surface area (Å²) in [5, 5.41) is 11.8. The van der Waals surface area contributed by atoms with Crippen molar-refractivity contribution in [3.63, 3.8) is 0 Å². The molecule has 0 aliphatic rings. The highest BCUT2D eigenvalue weighted by molar-refractivity contribution is 5.83. The van der Waals surface area contributed by atoms with Crippen LogP contribution in [0.3, 0.4) is 0 Å². The van der Waals surface area contributed by atoms with E-state index in [1.807, 2.05) is 24.3 Å². The summed E-state index contributed by atoms with van der Waals surface area (Å²) in [5.74, 6) is -0.354. The third-order valence-electron chi connectivity index (χ3n) is 5.14. The first kappa shape index (κ1) is 18.8. The maximum atomic E-state index is 10.9. The number of aliphatic carboxylic acids is 1. The van der Waals surface area contributed by atoms with E-state index in [1.165, 1.54) is 22.3 Å². The van der Waals surface area contributed by atoms with Crippen molar-refractivity contribution in [2.75, 3.05) is 0 Å². The van der Waals surface area contributed by atoms with Crippen molar-refractivity contribution in [2.24, 2.45) is 0 Å². The van der Waals surface area contributed by atoms with Crippen LogP contribution in [0, 0.1) is 13.8 Å². The number of ether oxygens (including phenoxy) is 1. The van der Waals surface area contributed by atoms with Crippen LogP contribution in [0.1, 0.15) is 16.7 Å². The fraction of sp³-hybridized carbons (Fsp3) is 0.160. The predicted octanol–water partition coefficient (Wildman–Crippen LogP) is 4.25. The average Bonchev–Trinajstić information content (AvgIpc) is 3.08. The maximum Gasteiger partial charge on any atom is 0.120 e. The van der Waals surface area contributed by atoms with E-state index in [4.69, 9.17) is 4.74 Å². The molecule has 0 aliphatic carbocycles. The molecule has 0 radical (unpaired) electrons. The molecule has 0 unspecified atom stereocenters. The molecule has 4 aromatic rings. The molecule has 4 nitrogen and oxygen atoms in total. The molecule has 0 N–H and O–H groups in total. The number of fused-ring (bicyclic) bond motifs is 1. The second-order valence-corrected chi connectivity index (χ2v) is 7.29. The van der Waals surface area contributed by atoms with Gasteiger partial charge in [-0.2, -0.15) is 0 Å². The Morgan fingerprint density at radius 3 is 2.48 bits per heavy atom. The van der Waals surface area contributed by atoms with Gasteiger partial charge in [0.05, 0.1) is 12.5 Å². The first-order valence-corrected chi connectivity index (χ1v) is 9.58. The Hall–Kier alpha value is -3.53. The van der Waals surface area contributed by atoms with E-state index >= 15 is 0 Å². The lowest BCUT2D eigenvalue weighted by Crippen LogP contribution is -2.27. The van der Waals surface area contributed by atoms with Crippen molar-refractivity contribution in [1.29, 1.82) is 0 Å². The summed E-state index contributed by atoms with van der Waals surface area (Å²) in [6.45, 7) is 4.57. The number of hydrogen-bond donors (Lipinski definition) is 0. The predicted molar refractivity (Wildman–Crippen MR) is 113 cm³/mol. The summed E-state index contributed by atoms with van der Waals surface area (Å²) in [6, 6.07) is 22.3. The lowest BCUT2D eigenvalue weighted by Gasteiger charge is -2.12. The van der Waals surface area contributed by atoms with E-state index in [0.717, 1.165) is 22.2 Å². The van der Waals surface area contributed by atoms with Crippen molar-refractivity contribution in [2.45, 2.75) is 27.0 Å². The van der Waals surface area contributed by atoms with E-state index in [9.17, 15) is 9.90 Å². The van der Waals surface area contributed by atoms with Crippen LogP contribution in [0.15, 0.2) is 72.9 Å². The van der Waals surface area contributed by atoms with Gasteiger partial charge in [-0.25, -0.2) is 0 Å². The van der Waals surface area contributed by atoms with Crippen molar-refractivity contribution < 1.29 is 14.6 Å². The summed E-state index contributed by atoms with van der Waals surface area (Å²) in [7, 11) is 0. The van der Waals surface area contributed by atoms with E-state index in [2.05, 4.69) is 56.3 Å². The second kappa shape index (κ2) is 7.84. The first-order chi connectivity index (χ1) is 14.0. The molecule has 29 heavy (non-hydrogen) atoms. The third-order valence-corrected chi connectivity index (χ3v) is 5.14. The van der Waals surface area contributed by atoms with Gasteiger partial charge < -0.3 is 19.2 Å². The average molecular weight is 384 g/mol. The number of carboxylic acid groups (broad SMARTS) is 1. The Morgan fingerprint density at radius 1 is 0.966 bits per heavy atom. The number of carbonyl (C=O) groups is 1. The first-order valence-electron chi connectivity index (χ1n) is 9.58. The number of aryl methyl sites for hydroxylation is 2. The molecule has 146 valence electrons. The van der Waals surface area contributed by atoms with E-state index < -0.39 is 5.97 Å². The number of carboxylic acids is 1. The maximum absolute atomic E-state index is 10.9. The van der Waals surface area contributed by atoms with Gasteiger partial charge in [-0.15, -0.1) is 0 Å². The van der Waals surface area contributed by atoms with Crippen molar-refractivity contribution in [3.8, 4) is 16.9 Å². The van der Waals surface area contributed by atoms with Gasteiger partial charge in [-0.05, 0) is 72.0 Å². The quantitative estimate of drug-likeness (QED) is 0.499. The zero-order chi connectivity index (χ0) is 20.4. The fourth-order valence-electron chi connectivity index (χ4n) is 3.80. The minimum Gasteiger partial charge on any atom is -0.548 e. The van der Waals surface area contributed by atoms with Crippen molar-refractivity contribution in [3.05, 3.63) is 89.6 Å². The molecule has 1 aromatic heterocycles. The van der Waals surface area contributed by atoms with Crippen molar-refractivity contribution >= 4 is 16.9 Å². The monoisotopic (exact) mass is 384 g/mol. The van der Waals surface area contributed by atoms with Crippen LogP contribution < -0.4 is 9.84 Å². The van der Waals surface area contributed by atoms with Crippen LogP contribution in [-0.4, -0.2) is 10.5 Å². The lowest BCUT2D eigenvalue weighted by molar-refractivity contribution is -0.306. The molecule has 0 bridgehead atoms. The molecule has 4 heteroatoms. The topological polar surface area (TPSA) is 54.3 Å². The molecule has 0 spiro atoms. The second-order valence-electron chi connectivity index (χ2n) is 7.29. The van der Waals surface area contributed by atoms with Gasteiger partial charge >= 0.3 is 0 Å². The molecule has 0 amide bonds. The van der Waals surface area contributed by atoms with Crippen LogP contribution in [-0.2, 0) is 17.9 Å². The van der Waals surface area contributed by atoms with Gasteiger partial charge in [0.25, 0.3) is 0 Å². The Kier molecular flexibility index (Phi) is 5.09. The molecular formula is C25H22NO3-. The molecule has 0 fully saturated rings. The molecule has 0 atom stereocenters. The normalized spacial score (nSPS) is 11.0. The third kappa shape index (κ3) is 4.02. The highest BCUT2D eigenvalue weighted by Crippen LogP contribution is 2.28. The Morgan fingerprint density at radius 2 is 1.72 bits per heavy atom. The Labute approximate surface area is 170 Å². The van der Waals surface area contributed by atoms with Crippen LogP contribution in [0.2, 0.25) is 0 Å². The Bertz CT molecular complexity index is 1170. The van der Waals surface area contributed by atoms with Gasteiger partial charge in [0.15, 0.2) is 0 Å². The zero-order valence-electron chi connectivity index (χ0n) is 16.5. The highest BCUT2D eigenvalue weighted by Gasteiger charge is 2.07. The van der Waals surface area contributed by atoms with Gasteiger partial charge in [0.2, 0.25) is 0 Å². The van der Waals surface area contributed by atoms with Crippen LogP contribution in [0.5, 0.6) is 5.75 Å². The molecule has 1 heterocycles. The van der Waals surface area contributed by atoms with E-state index in [-0.39, 0.29) is 6.54 Å². The minimum absolute atomic E-state index is 0.158. The number of hydrogen-bond acceptors (Lipinski definition) is 3. The number of aromatic nitrogens is 1. The summed E-state index contributed by atoms with van der Waals surface area (Å²) >= 11 is 0. The molecule has 4 rings (SSSR count). The standard InChI is InChI=1S/C25H23NO3/c1-17-5-3-6-18(2)25(17)21-8-4-7-19(13-21)16-29-22-9-10-23-20(14-22)11-12-26(23)15-24(27)28/h3-14H,15-16H2,1-2H3,(H,27,28)/p-1. The van der Waals surface area contributed by atoms with E-state index in [0.29, 0.717) is 6.61 Å². The zero-order valence-corrected chi connectivity index (χ0v) is 16.5. The fourth-order valence-corrected chi connectivity index (χ4v) is 3.80. The molecule has 0 aliphatic heterocycles. The Balaban J connectivity index is 1.53. The van der Waals surface area contributed by atoms with Crippen LogP contribution >= 0.6 is 0 Å². The minimum atomic E-state index is -1.11.